The van der Waals surface area contributed by atoms with E-state index in [1.807, 2.05) is 12.1 Å². The van der Waals surface area contributed by atoms with Crippen molar-refractivity contribution in [2.75, 3.05) is 11.4 Å². The lowest BCUT2D eigenvalue weighted by Crippen LogP contribution is -2.27. The van der Waals surface area contributed by atoms with Gasteiger partial charge in [0.15, 0.2) is 0 Å². The van der Waals surface area contributed by atoms with Gasteiger partial charge >= 0.3 is 0 Å². The Kier molecular flexibility index (Phi) is 1.36. The summed E-state index contributed by atoms with van der Waals surface area (Å²) in [5, 5.41) is 0. The molecule has 1 aromatic carbocycles. The van der Waals surface area contributed by atoms with Crippen molar-refractivity contribution < 1.29 is 4.74 Å². The minimum absolute atomic E-state index is 0.723. The average Bonchev–Trinajstić information content (AvgIpc) is 2.19. The molecule has 2 aliphatic heterocycles. The van der Waals surface area contributed by atoms with Crippen LogP contribution in [0, 0.1) is 6.61 Å². The number of nitrogens with zero attached hydrogens (tertiary/aromatic N) is 1. The van der Waals surface area contributed by atoms with Gasteiger partial charge in [-0.2, -0.15) is 0 Å². The molecule has 0 fully saturated rings. The van der Waals surface area contributed by atoms with Gasteiger partial charge in [0.2, 0.25) is 6.61 Å². The van der Waals surface area contributed by atoms with E-state index >= 15 is 0 Å². The lowest BCUT2D eigenvalue weighted by molar-refractivity contribution is 0.389. The molecule has 0 bridgehead atoms. The van der Waals surface area contributed by atoms with Crippen LogP contribution in [0.1, 0.15) is 5.56 Å². The van der Waals surface area contributed by atoms with Gasteiger partial charge < -0.3 is 9.64 Å². The van der Waals surface area contributed by atoms with Crippen molar-refractivity contribution in [3.05, 3.63) is 42.6 Å². The van der Waals surface area contributed by atoms with Crippen molar-refractivity contribution in [3.63, 3.8) is 0 Å². The SMILES string of the molecule is [C]1CN2C=CCc3cccc(c32)O1. The summed E-state index contributed by atoms with van der Waals surface area (Å²) in [6.07, 6.45) is 5.27. The summed E-state index contributed by atoms with van der Waals surface area (Å²) >= 11 is 0. The Morgan fingerprint density at radius 1 is 1.38 bits per heavy atom. The molecule has 0 N–H and O–H groups in total. The summed E-state index contributed by atoms with van der Waals surface area (Å²) in [7, 11) is 0. The van der Waals surface area contributed by atoms with Crippen LogP contribution in [0.4, 0.5) is 5.69 Å². The lowest BCUT2D eigenvalue weighted by Gasteiger charge is -2.31. The first-order valence-corrected chi connectivity index (χ1v) is 4.40. The van der Waals surface area contributed by atoms with Gasteiger partial charge in [-0.1, -0.05) is 18.2 Å². The molecule has 2 heteroatoms. The summed E-state index contributed by atoms with van der Waals surface area (Å²) in [6.45, 7) is 3.60. The largest absolute Gasteiger partial charge is 0.474 e. The summed E-state index contributed by atoms with van der Waals surface area (Å²) in [5.41, 5.74) is 2.55. The van der Waals surface area contributed by atoms with E-state index in [0.717, 1.165) is 18.7 Å². The fourth-order valence-electron chi connectivity index (χ4n) is 1.83. The highest BCUT2D eigenvalue weighted by Gasteiger charge is 2.22. The molecule has 3 rings (SSSR count). The molecule has 0 saturated heterocycles. The second-order valence-corrected chi connectivity index (χ2v) is 3.23. The third-order valence-electron chi connectivity index (χ3n) is 2.41. The highest BCUT2D eigenvalue weighted by atomic mass is 16.5. The van der Waals surface area contributed by atoms with Crippen molar-refractivity contribution in [1.82, 2.24) is 0 Å². The number of allylic oxidation sites excluding steroid dienone is 1. The van der Waals surface area contributed by atoms with Gasteiger partial charge in [-0.15, -0.1) is 0 Å². The van der Waals surface area contributed by atoms with Gasteiger partial charge in [0, 0.05) is 6.20 Å². The van der Waals surface area contributed by atoms with Gasteiger partial charge in [-0.25, -0.2) is 0 Å². The lowest BCUT2D eigenvalue weighted by atomic mass is 10.0. The average molecular weight is 171 g/mol. The van der Waals surface area contributed by atoms with E-state index in [2.05, 4.69) is 29.8 Å². The van der Waals surface area contributed by atoms with Crippen LogP contribution >= 0.6 is 0 Å². The van der Waals surface area contributed by atoms with E-state index in [-0.39, 0.29) is 0 Å². The molecule has 13 heavy (non-hydrogen) atoms. The van der Waals surface area contributed by atoms with Gasteiger partial charge in [0.05, 0.1) is 12.2 Å². The predicted octanol–water partition coefficient (Wildman–Crippen LogP) is 1.99. The molecule has 0 aromatic heterocycles. The molecule has 2 nitrogen and oxygen atoms in total. The van der Waals surface area contributed by atoms with Crippen LogP contribution in [0.25, 0.3) is 0 Å². The van der Waals surface area contributed by atoms with Crippen LogP contribution in [-0.2, 0) is 6.42 Å². The van der Waals surface area contributed by atoms with Crippen molar-refractivity contribution in [2.45, 2.75) is 6.42 Å². The van der Waals surface area contributed by atoms with Crippen molar-refractivity contribution in [3.8, 4) is 5.75 Å². The minimum atomic E-state index is 0.723. The highest BCUT2D eigenvalue weighted by molar-refractivity contribution is 5.69. The van der Waals surface area contributed by atoms with Gasteiger partial charge in [0.25, 0.3) is 0 Å². The minimum Gasteiger partial charge on any atom is -0.474 e. The number of rotatable bonds is 0. The predicted molar refractivity (Wildman–Crippen MR) is 50.5 cm³/mol. The third kappa shape index (κ3) is 0.949. The fourth-order valence-corrected chi connectivity index (χ4v) is 1.83. The summed E-state index contributed by atoms with van der Waals surface area (Å²) < 4.78 is 5.34. The molecule has 2 heterocycles. The molecule has 0 amide bonds. The molecular formula is C11H9NO. The molecule has 0 saturated carbocycles. The Labute approximate surface area is 77.4 Å². The molecule has 0 atom stereocenters. The van der Waals surface area contributed by atoms with E-state index < -0.39 is 0 Å². The second kappa shape index (κ2) is 2.52. The number of benzene rings is 1. The van der Waals surface area contributed by atoms with Crippen LogP contribution < -0.4 is 9.64 Å². The molecular weight excluding hydrogens is 162 g/mol. The van der Waals surface area contributed by atoms with Crippen molar-refractivity contribution >= 4 is 5.69 Å². The zero-order valence-electron chi connectivity index (χ0n) is 7.16. The highest BCUT2D eigenvalue weighted by Crippen LogP contribution is 2.38. The quantitative estimate of drug-likeness (QED) is 0.592. The molecule has 0 spiro atoms. The van der Waals surface area contributed by atoms with Gasteiger partial charge in [-0.05, 0) is 18.1 Å². The van der Waals surface area contributed by atoms with Crippen LogP contribution in [0.15, 0.2) is 30.5 Å². The number of anilines is 1. The fraction of sp³-hybridized carbons (Fsp3) is 0.182. The number of ether oxygens (including phenoxy) is 1. The van der Waals surface area contributed by atoms with Crippen LogP contribution in [0.3, 0.4) is 0 Å². The molecule has 0 unspecified atom stereocenters. The Bertz CT molecular complexity index is 370. The Morgan fingerprint density at radius 3 is 3.38 bits per heavy atom. The number of hydrogen-bond donors (Lipinski definition) is 0. The Morgan fingerprint density at radius 2 is 2.38 bits per heavy atom. The van der Waals surface area contributed by atoms with E-state index in [9.17, 15) is 0 Å². The zero-order valence-corrected chi connectivity index (χ0v) is 7.16. The summed E-state index contributed by atoms with van der Waals surface area (Å²) in [5.74, 6) is 0.924. The normalized spacial score (nSPS) is 18.0. The maximum Gasteiger partial charge on any atom is 0.217 e. The first-order valence-electron chi connectivity index (χ1n) is 4.40. The van der Waals surface area contributed by atoms with Crippen LogP contribution in [0.2, 0.25) is 0 Å². The standard InChI is InChI=1S/C11H9NO/c1-3-9-4-2-6-12-7-8-13-10(5-1)11(9)12/h1-3,5-6H,4,7H2. The molecule has 1 aromatic rings. The second-order valence-electron chi connectivity index (χ2n) is 3.23. The molecule has 2 aliphatic rings. The molecule has 2 radical (unpaired) electrons. The summed E-state index contributed by atoms with van der Waals surface area (Å²) in [4.78, 5) is 2.16. The molecule has 64 valence electrons. The van der Waals surface area contributed by atoms with Crippen molar-refractivity contribution in [1.29, 1.82) is 0 Å². The smallest absolute Gasteiger partial charge is 0.217 e. The molecule has 0 aliphatic carbocycles. The van der Waals surface area contributed by atoms with Crippen LogP contribution in [-0.4, -0.2) is 6.54 Å². The van der Waals surface area contributed by atoms with Crippen LogP contribution in [0.5, 0.6) is 5.75 Å². The van der Waals surface area contributed by atoms with Gasteiger partial charge in [-0.3, -0.25) is 0 Å². The Hall–Kier alpha value is -1.44. The number of hydrogen-bond acceptors (Lipinski definition) is 2. The summed E-state index contributed by atoms with van der Waals surface area (Å²) in [6, 6.07) is 6.15. The monoisotopic (exact) mass is 171 g/mol. The number of para-hydroxylation sites is 1. The third-order valence-corrected chi connectivity index (χ3v) is 2.41. The van der Waals surface area contributed by atoms with E-state index in [1.165, 1.54) is 11.3 Å². The van der Waals surface area contributed by atoms with E-state index in [1.54, 1.807) is 0 Å². The Balaban J connectivity index is 2.22. The van der Waals surface area contributed by atoms with E-state index in [4.69, 9.17) is 4.74 Å². The topological polar surface area (TPSA) is 12.5 Å². The first kappa shape index (κ1) is 7.01. The van der Waals surface area contributed by atoms with Gasteiger partial charge in [0.1, 0.15) is 5.75 Å². The van der Waals surface area contributed by atoms with Crippen molar-refractivity contribution in [2.24, 2.45) is 0 Å². The zero-order chi connectivity index (χ0) is 8.67. The maximum absolute atomic E-state index is 5.34. The maximum atomic E-state index is 5.34. The first-order chi connectivity index (χ1) is 6.45. The van der Waals surface area contributed by atoms with E-state index in [0.29, 0.717) is 0 Å².